The first kappa shape index (κ1) is 18.0. The zero-order valence-electron chi connectivity index (χ0n) is 15.4. The van der Waals surface area contributed by atoms with E-state index in [0.717, 1.165) is 64.7 Å². The Morgan fingerprint density at radius 3 is 2.67 bits per heavy atom. The molecule has 0 aromatic heterocycles. The van der Waals surface area contributed by atoms with Crippen molar-refractivity contribution in [2.24, 2.45) is 10.9 Å². The Bertz CT molecular complexity index is 451. The number of aliphatic hydroxyl groups excluding tert-OH is 1. The molecule has 0 aliphatic carbocycles. The van der Waals surface area contributed by atoms with E-state index in [1.165, 1.54) is 0 Å². The van der Waals surface area contributed by atoms with Crippen LogP contribution in [-0.4, -0.2) is 84.6 Å². The maximum atomic E-state index is 10.8. The normalized spacial score (nSPS) is 34.5. The molecule has 0 saturated carbocycles. The fraction of sp³-hybridized carbons (Fsp3) is 0.944. The van der Waals surface area contributed by atoms with Crippen LogP contribution >= 0.6 is 0 Å². The molecule has 3 aliphatic rings. The molecule has 3 fully saturated rings. The Hall–Kier alpha value is -0.850. The first-order valence-corrected chi connectivity index (χ1v) is 9.52. The van der Waals surface area contributed by atoms with Crippen LogP contribution in [0.15, 0.2) is 4.99 Å². The molecule has 3 heterocycles. The largest absolute Gasteiger partial charge is 0.452 e. The first-order chi connectivity index (χ1) is 11.5. The Kier molecular flexibility index (Phi) is 5.67. The Balaban J connectivity index is 1.75. The summed E-state index contributed by atoms with van der Waals surface area (Å²) in [6.45, 7) is 12.2. The summed E-state index contributed by atoms with van der Waals surface area (Å²) in [5.74, 6) is 0.540. The molecule has 6 heteroatoms. The van der Waals surface area contributed by atoms with Gasteiger partial charge in [0.1, 0.15) is 0 Å². The highest BCUT2D eigenvalue weighted by molar-refractivity contribution is 5.76. The van der Waals surface area contributed by atoms with E-state index in [1.54, 1.807) is 0 Å². The van der Waals surface area contributed by atoms with Crippen LogP contribution in [0.2, 0.25) is 0 Å². The number of hydrogen-bond donors (Lipinski definition) is 1. The Labute approximate surface area is 145 Å². The van der Waals surface area contributed by atoms with E-state index in [0.29, 0.717) is 18.5 Å². The average molecular weight is 339 g/mol. The maximum Gasteiger partial charge on any atom is 0.288 e. The van der Waals surface area contributed by atoms with Crippen LogP contribution in [0.4, 0.5) is 0 Å². The highest BCUT2D eigenvalue weighted by atomic mass is 16.6. The van der Waals surface area contributed by atoms with Crippen LogP contribution in [0.5, 0.6) is 0 Å². The molecular formula is C18H33N3O3. The van der Waals surface area contributed by atoms with Gasteiger partial charge in [0, 0.05) is 45.4 Å². The van der Waals surface area contributed by atoms with Crippen LogP contribution in [0.3, 0.4) is 0 Å². The van der Waals surface area contributed by atoms with Crippen LogP contribution in [0.25, 0.3) is 0 Å². The molecule has 24 heavy (non-hydrogen) atoms. The molecule has 1 N–H and O–H groups in total. The third-order valence-electron chi connectivity index (χ3n) is 5.38. The summed E-state index contributed by atoms with van der Waals surface area (Å²) < 4.78 is 11.8. The second kappa shape index (κ2) is 7.58. The van der Waals surface area contributed by atoms with E-state index in [2.05, 4.69) is 28.6 Å². The quantitative estimate of drug-likeness (QED) is 0.837. The number of amidine groups is 1. The van der Waals surface area contributed by atoms with Crippen molar-refractivity contribution >= 4 is 6.02 Å². The average Bonchev–Trinajstić information content (AvgIpc) is 2.89. The van der Waals surface area contributed by atoms with Gasteiger partial charge in [-0.1, -0.05) is 13.8 Å². The smallest absolute Gasteiger partial charge is 0.288 e. The molecule has 0 bridgehead atoms. The van der Waals surface area contributed by atoms with Crippen molar-refractivity contribution in [2.45, 2.75) is 57.8 Å². The second-order valence-corrected chi connectivity index (χ2v) is 7.82. The maximum absolute atomic E-state index is 10.8. The molecule has 0 aromatic rings. The Morgan fingerprint density at radius 2 is 2.00 bits per heavy atom. The second-order valence-electron chi connectivity index (χ2n) is 7.82. The van der Waals surface area contributed by atoms with Crippen molar-refractivity contribution in [3.05, 3.63) is 0 Å². The van der Waals surface area contributed by atoms with Gasteiger partial charge in [0.15, 0.2) is 5.60 Å². The van der Waals surface area contributed by atoms with Gasteiger partial charge in [0.25, 0.3) is 6.02 Å². The van der Waals surface area contributed by atoms with Crippen LogP contribution < -0.4 is 0 Å². The molecular weight excluding hydrogens is 306 g/mol. The predicted molar refractivity (Wildman–Crippen MR) is 94.2 cm³/mol. The van der Waals surface area contributed by atoms with E-state index in [1.807, 2.05) is 6.92 Å². The van der Waals surface area contributed by atoms with Gasteiger partial charge in [-0.15, -0.1) is 0 Å². The van der Waals surface area contributed by atoms with Gasteiger partial charge < -0.3 is 19.5 Å². The van der Waals surface area contributed by atoms with E-state index in [-0.39, 0.29) is 0 Å². The monoisotopic (exact) mass is 339 g/mol. The molecule has 0 unspecified atom stereocenters. The van der Waals surface area contributed by atoms with Gasteiger partial charge in [-0.25, -0.2) is 4.99 Å². The molecule has 138 valence electrons. The van der Waals surface area contributed by atoms with Gasteiger partial charge in [-0.05, 0) is 32.1 Å². The number of piperidine rings is 1. The number of aliphatic imine (C=N–C) groups is 1. The first-order valence-electron chi connectivity index (χ1n) is 9.52. The summed E-state index contributed by atoms with van der Waals surface area (Å²) in [4.78, 5) is 9.29. The number of rotatable bonds is 4. The third-order valence-corrected chi connectivity index (χ3v) is 5.38. The lowest BCUT2D eigenvalue weighted by Crippen LogP contribution is -2.61. The lowest BCUT2D eigenvalue weighted by molar-refractivity contribution is -0.110. The van der Waals surface area contributed by atoms with Crippen molar-refractivity contribution < 1.29 is 14.6 Å². The minimum absolute atomic E-state index is 0.423. The van der Waals surface area contributed by atoms with Crippen molar-refractivity contribution in [2.75, 3.05) is 45.9 Å². The summed E-state index contributed by atoms with van der Waals surface area (Å²) in [7, 11) is 0. The van der Waals surface area contributed by atoms with E-state index < -0.39 is 11.7 Å². The van der Waals surface area contributed by atoms with Crippen molar-refractivity contribution in [3.8, 4) is 0 Å². The van der Waals surface area contributed by atoms with Gasteiger partial charge in [-0.2, -0.15) is 0 Å². The van der Waals surface area contributed by atoms with Crippen molar-refractivity contribution in [3.63, 3.8) is 0 Å². The zero-order chi connectivity index (χ0) is 17.2. The van der Waals surface area contributed by atoms with E-state index in [9.17, 15) is 5.11 Å². The summed E-state index contributed by atoms with van der Waals surface area (Å²) in [6, 6.07) is 1.27. The minimum atomic E-state index is -0.528. The van der Waals surface area contributed by atoms with Crippen molar-refractivity contribution in [1.29, 1.82) is 0 Å². The lowest BCUT2D eigenvalue weighted by Gasteiger charge is -2.46. The highest BCUT2D eigenvalue weighted by Crippen LogP contribution is 2.34. The third kappa shape index (κ3) is 3.70. The van der Waals surface area contributed by atoms with Gasteiger partial charge in [-0.3, -0.25) is 4.90 Å². The summed E-state index contributed by atoms with van der Waals surface area (Å²) in [6.07, 6.45) is 2.51. The van der Waals surface area contributed by atoms with Crippen LogP contribution in [0.1, 0.15) is 40.0 Å². The Morgan fingerprint density at radius 1 is 1.25 bits per heavy atom. The molecule has 6 nitrogen and oxygen atoms in total. The topological polar surface area (TPSA) is 57.5 Å². The van der Waals surface area contributed by atoms with Crippen LogP contribution in [0, 0.1) is 5.92 Å². The number of aliphatic hydroxyl groups is 1. The SMILES string of the molecule is CCN=C1O[C@@]2(CN1CC(C)C)CN(C1CCOCC1)CC[C@@H]2O. The predicted octanol–water partition coefficient (Wildman–Crippen LogP) is 1.33. The highest BCUT2D eigenvalue weighted by Gasteiger charge is 2.53. The summed E-state index contributed by atoms with van der Waals surface area (Å²) in [5.41, 5.74) is -0.528. The lowest BCUT2D eigenvalue weighted by atomic mass is 9.87. The summed E-state index contributed by atoms with van der Waals surface area (Å²) >= 11 is 0. The molecule has 0 radical (unpaired) electrons. The number of ether oxygens (including phenoxy) is 2. The van der Waals surface area contributed by atoms with Crippen LogP contribution in [-0.2, 0) is 9.47 Å². The fourth-order valence-corrected chi connectivity index (χ4v) is 4.22. The molecule has 3 saturated heterocycles. The molecule has 2 atom stereocenters. The van der Waals surface area contributed by atoms with Gasteiger partial charge >= 0.3 is 0 Å². The van der Waals surface area contributed by atoms with Crippen molar-refractivity contribution in [1.82, 2.24) is 9.80 Å². The molecule has 1 spiro atoms. The minimum Gasteiger partial charge on any atom is -0.452 e. The van der Waals surface area contributed by atoms with Gasteiger partial charge in [0.05, 0.1) is 12.6 Å². The summed E-state index contributed by atoms with van der Waals surface area (Å²) in [5, 5.41) is 10.8. The molecule has 3 rings (SSSR count). The molecule has 0 aromatic carbocycles. The van der Waals surface area contributed by atoms with E-state index in [4.69, 9.17) is 9.47 Å². The number of nitrogens with zero attached hydrogens (tertiary/aromatic N) is 3. The van der Waals surface area contributed by atoms with Gasteiger partial charge in [0.2, 0.25) is 0 Å². The molecule has 0 amide bonds. The standard InChI is InChI=1S/C18H33N3O3/c1-4-19-17-21(11-14(2)3)13-18(24-17)12-20(8-5-16(18)22)15-6-9-23-10-7-15/h14-16,22H,4-13H2,1-3H3/t16-,18+/m0/s1. The zero-order valence-corrected chi connectivity index (χ0v) is 15.4. The molecule has 3 aliphatic heterocycles. The van der Waals surface area contributed by atoms with E-state index >= 15 is 0 Å². The number of likely N-dealkylation sites (tertiary alicyclic amines) is 1. The number of hydrogen-bond acceptors (Lipinski definition) is 5. The fourth-order valence-electron chi connectivity index (χ4n) is 4.22.